The Morgan fingerprint density at radius 1 is 1.11 bits per heavy atom. The minimum absolute atomic E-state index is 0.328. The van der Waals surface area contributed by atoms with Gasteiger partial charge in [0.25, 0.3) is 0 Å². The van der Waals surface area contributed by atoms with Gasteiger partial charge in [-0.3, -0.25) is 0 Å². The summed E-state index contributed by atoms with van der Waals surface area (Å²) in [6.45, 7) is 4.96. The standard InChI is InChI=1S/C21H28Cl2N4O/c1-13-5-7-14(8-6-13)12-27-19-15(11-18(22)25-20(19)23)24-21(27)26-9-10-28-17-4-2-3-16(17)26/h11,13-14,16-17H,2-10,12H2,1H3/t13?,14?,16-,17-/m0/s1. The second-order valence-electron chi connectivity index (χ2n) is 8.85. The number of pyridine rings is 1. The number of aromatic nitrogens is 3. The van der Waals surface area contributed by atoms with Gasteiger partial charge in [-0.25, -0.2) is 9.97 Å². The lowest BCUT2D eigenvalue weighted by Gasteiger charge is -2.39. The van der Waals surface area contributed by atoms with Gasteiger partial charge in [-0.05, 0) is 43.9 Å². The summed E-state index contributed by atoms with van der Waals surface area (Å²) in [5, 5.41) is 0.863. The molecule has 0 unspecified atom stereocenters. The third-order valence-electron chi connectivity index (χ3n) is 6.95. The van der Waals surface area contributed by atoms with Crippen molar-refractivity contribution in [3.05, 3.63) is 16.4 Å². The number of fused-ring (bicyclic) bond motifs is 2. The number of hydrogen-bond donors (Lipinski definition) is 0. The van der Waals surface area contributed by atoms with Crippen molar-refractivity contribution < 1.29 is 4.74 Å². The molecule has 2 saturated carbocycles. The predicted octanol–water partition coefficient (Wildman–Crippen LogP) is 5.32. The fraction of sp³-hybridized carbons (Fsp3) is 0.714. The lowest BCUT2D eigenvalue weighted by atomic mass is 9.83. The molecule has 3 heterocycles. The first-order valence-electron chi connectivity index (χ1n) is 10.7. The van der Waals surface area contributed by atoms with Crippen LogP contribution in [0.5, 0.6) is 0 Å². The van der Waals surface area contributed by atoms with E-state index in [0.717, 1.165) is 49.0 Å². The molecule has 2 atom stereocenters. The summed E-state index contributed by atoms with van der Waals surface area (Å²) in [7, 11) is 0. The second-order valence-corrected chi connectivity index (χ2v) is 9.60. The van der Waals surface area contributed by atoms with Gasteiger partial charge >= 0.3 is 0 Å². The van der Waals surface area contributed by atoms with Gasteiger partial charge in [0.2, 0.25) is 5.95 Å². The number of anilines is 1. The molecule has 28 heavy (non-hydrogen) atoms. The molecule has 0 radical (unpaired) electrons. The van der Waals surface area contributed by atoms with Gasteiger partial charge in [0.05, 0.1) is 24.3 Å². The average molecular weight is 423 g/mol. The van der Waals surface area contributed by atoms with Crippen molar-refractivity contribution in [3.63, 3.8) is 0 Å². The zero-order valence-corrected chi connectivity index (χ0v) is 17.9. The minimum Gasteiger partial charge on any atom is -0.374 e. The molecule has 1 saturated heterocycles. The van der Waals surface area contributed by atoms with Gasteiger partial charge in [-0.1, -0.05) is 43.0 Å². The topological polar surface area (TPSA) is 43.2 Å². The van der Waals surface area contributed by atoms with Crippen molar-refractivity contribution in [1.29, 1.82) is 0 Å². The Hall–Kier alpha value is -1.04. The molecule has 7 heteroatoms. The van der Waals surface area contributed by atoms with Crippen LogP contribution in [0.3, 0.4) is 0 Å². The fourth-order valence-electron chi connectivity index (χ4n) is 5.40. The summed E-state index contributed by atoms with van der Waals surface area (Å²) in [5.74, 6) is 2.54. The largest absolute Gasteiger partial charge is 0.374 e. The van der Waals surface area contributed by atoms with Crippen LogP contribution in [0.2, 0.25) is 10.3 Å². The van der Waals surface area contributed by atoms with E-state index in [1.807, 2.05) is 6.07 Å². The van der Waals surface area contributed by atoms with Gasteiger partial charge in [-0.2, -0.15) is 0 Å². The second kappa shape index (κ2) is 7.66. The normalized spacial score (nSPS) is 30.8. The van der Waals surface area contributed by atoms with Crippen LogP contribution >= 0.6 is 23.2 Å². The quantitative estimate of drug-likeness (QED) is 0.627. The smallest absolute Gasteiger partial charge is 0.207 e. The van der Waals surface area contributed by atoms with Gasteiger partial charge in [0.1, 0.15) is 10.7 Å². The molecular weight excluding hydrogens is 395 g/mol. The van der Waals surface area contributed by atoms with Gasteiger partial charge in [0.15, 0.2) is 5.15 Å². The van der Waals surface area contributed by atoms with E-state index in [4.69, 9.17) is 32.9 Å². The van der Waals surface area contributed by atoms with Crippen LogP contribution in [0.1, 0.15) is 51.9 Å². The van der Waals surface area contributed by atoms with Crippen LogP contribution in [0.25, 0.3) is 11.0 Å². The maximum Gasteiger partial charge on any atom is 0.207 e. The zero-order valence-electron chi connectivity index (χ0n) is 16.4. The van der Waals surface area contributed by atoms with Crippen molar-refractivity contribution in [1.82, 2.24) is 14.5 Å². The molecule has 3 aliphatic rings. The molecular formula is C21H28Cl2N4O. The van der Waals surface area contributed by atoms with Crippen molar-refractivity contribution >= 4 is 40.2 Å². The van der Waals surface area contributed by atoms with Crippen molar-refractivity contribution in [2.24, 2.45) is 11.8 Å². The minimum atomic E-state index is 0.328. The van der Waals surface area contributed by atoms with E-state index in [-0.39, 0.29) is 0 Å². The molecule has 0 amide bonds. The predicted molar refractivity (Wildman–Crippen MR) is 113 cm³/mol. The third kappa shape index (κ3) is 3.40. The third-order valence-corrected chi connectivity index (χ3v) is 7.40. The lowest BCUT2D eigenvalue weighted by molar-refractivity contribution is 0.0247. The number of halogens is 2. The Morgan fingerprint density at radius 2 is 1.93 bits per heavy atom. The van der Waals surface area contributed by atoms with Crippen LogP contribution in [0.4, 0.5) is 5.95 Å². The van der Waals surface area contributed by atoms with E-state index >= 15 is 0 Å². The molecule has 2 aromatic rings. The van der Waals surface area contributed by atoms with E-state index in [0.29, 0.717) is 28.4 Å². The maximum atomic E-state index is 6.57. The van der Waals surface area contributed by atoms with Crippen molar-refractivity contribution in [2.45, 2.75) is 70.6 Å². The number of nitrogens with zero attached hydrogens (tertiary/aromatic N) is 4. The first-order valence-corrected chi connectivity index (χ1v) is 11.5. The Kier molecular flexibility index (Phi) is 5.18. The van der Waals surface area contributed by atoms with E-state index in [9.17, 15) is 0 Å². The Labute approximate surface area is 176 Å². The molecule has 0 N–H and O–H groups in total. The first kappa shape index (κ1) is 19.0. The van der Waals surface area contributed by atoms with Gasteiger partial charge in [0, 0.05) is 19.2 Å². The molecule has 5 rings (SSSR count). The molecule has 3 fully saturated rings. The average Bonchev–Trinajstić information content (AvgIpc) is 3.28. The summed E-state index contributed by atoms with van der Waals surface area (Å²) in [6.07, 6.45) is 9.04. The maximum absolute atomic E-state index is 6.57. The molecule has 2 aromatic heterocycles. The highest BCUT2D eigenvalue weighted by Gasteiger charge is 2.38. The van der Waals surface area contributed by atoms with Crippen molar-refractivity contribution in [2.75, 3.05) is 18.1 Å². The molecule has 2 aliphatic carbocycles. The van der Waals surface area contributed by atoms with Crippen LogP contribution in [0, 0.1) is 11.8 Å². The molecule has 152 valence electrons. The highest BCUT2D eigenvalue weighted by atomic mass is 35.5. The van der Waals surface area contributed by atoms with E-state index in [1.54, 1.807) is 0 Å². The van der Waals surface area contributed by atoms with Crippen LogP contribution < -0.4 is 4.90 Å². The highest BCUT2D eigenvalue weighted by molar-refractivity contribution is 6.36. The number of morpholine rings is 1. The number of hydrogen-bond acceptors (Lipinski definition) is 4. The molecule has 0 bridgehead atoms. The number of imidazole rings is 1. The van der Waals surface area contributed by atoms with E-state index in [1.165, 1.54) is 38.5 Å². The highest BCUT2D eigenvalue weighted by Crippen LogP contribution is 2.38. The molecule has 0 spiro atoms. The Balaban J connectivity index is 1.56. The van der Waals surface area contributed by atoms with Crippen LogP contribution in [0.15, 0.2) is 6.07 Å². The van der Waals surface area contributed by atoms with Crippen LogP contribution in [-0.4, -0.2) is 39.8 Å². The summed E-state index contributed by atoms with van der Waals surface area (Å²) in [4.78, 5) is 11.8. The van der Waals surface area contributed by atoms with Crippen LogP contribution in [-0.2, 0) is 11.3 Å². The monoisotopic (exact) mass is 422 g/mol. The van der Waals surface area contributed by atoms with Gasteiger partial charge < -0.3 is 14.2 Å². The number of ether oxygens (including phenoxy) is 1. The van der Waals surface area contributed by atoms with Crippen molar-refractivity contribution in [3.8, 4) is 0 Å². The van der Waals surface area contributed by atoms with E-state index in [2.05, 4.69) is 21.4 Å². The Bertz CT molecular complexity index is 862. The summed E-state index contributed by atoms with van der Waals surface area (Å²) in [6, 6.07) is 2.26. The Morgan fingerprint density at radius 3 is 2.75 bits per heavy atom. The summed E-state index contributed by atoms with van der Waals surface area (Å²) >= 11 is 12.8. The fourth-order valence-corrected chi connectivity index (χ4v) is 5.93. The lowest BCUT2D eigenvalue weighted by Crippen LogP contribution is -2.49. The summed E-state index contributed by atoms with van der Waals surface area (Å²) in [5.41, 5.74) is 1.78. The zero-order chi connectivity index (χ0) is 19.3. The molecule has 0 aromatic carbocycles. The SMILES string of the molecule is CC1CCC(Cn2c(N3CCO[C@H]4CCC[C@@H]43)nc3cc(Cl)nc(Cl)c32)CC1. The summed E-state index contributed by atoms with van der Waals surface area (Å²) < 4.78 is 8.37. The molecule has 5 nitrogen and oxygen atoms in total. The number of rotatable bonds is 3. The van der Waals surface area contributed by atoms with E-state index < -0.39 is 0 Å². The first-order chi connectivity index (χ1) is 13.6. The molecule has 1 aliphatic heterocycles. The van der Waals surface area contributed by atoms with Gasteiger partial charge in [-0.15, -0.1) is 0 Å².